The molecule has 4 heteroatoms. The molecule has 0 bridgehead atoms. The highest BCUT2D eigenvalue weighted by Crippen LogP contribution is 2.17. The first kappa shape index (κ1) is 15.5. The van der Waals surface area contributed by atoms with Gasteiger partial charge in [0.05, 0.1) is 6.10 Å². The van der Waals surface area contributed by atoms with E-state index < -0.39 is 0 Å². The molecule has 0 aliphatic heterocycles. The molecule has 0 heterocycles. The fourth-order valence-electron chi connectivity index (χ4n) is 1.94. The van der Waals surface area contributed by atoms with E-state index in [0.717, 1.165) is 35.2 Å². The number of halogens is 1. The van der Waals surface area contributed by atoms with Crippen LogP contribution in [0.4, 0.5) is 11.4 Å². The van der Waals surface area contributed by atoms with E-state index in [0.29, 0.717) is 0 Å². The van der Waals surface area contributed by atoms with Crippen molar-refractivity contribution in [3.63, 3.8) is 0 Å². The molecule has 0 spiro atoms. The van der Waals surface area contributed by atoms with Crippen LogP contribution < -0.4 is 15.4 Å². The standard InChI is InChI=1S/C17H21ClN2O/c1-13(2)21-17-8-6-15(7-9-17)19-10-11-20-16-5-3-4-14(18)12-16/h3-9,12-13,19-20H,10-11H2,1-2H3. The van der Waals surface area contributed by atoms with E-state index in [4.69, 9.17) is 16.3 Å². The van der Waals surface area contributed by atoms with Gasteiger partial charge in [0.1, 0.15) is 5.75 Å². The molecule has 0 aromatic heterocycles. The molecular formula is C17H21ClN2O. The molecule has 0 saturated heterocycles. The van der Waals surface area contributed by atoms with E-state index in [1.807, 2.05) is 62.4 Å². The summed E-state index contributed by atoms with van der Waals surface area (Å²) in [6.45, 7) is 5.70. The van der Waals surface area contributed by atoms with Gasteiger partial charge in [-0.3, -0.25) is 0 Å². The monoisotopic (exact) mass is 304 g/mol. The summed E-state index contributed by atoms with van der Waals surface area (Å²) < 4.78 is 5.61. The summed E-state index contributed by atoms with van der Waals surface area (Å²) in [6.07, 6.45) is 0.200. The molecule has 0 saturated carbocycles. The molecule has 0 aliphatic carbocycles. The average Bonchev–Trinajstić information content (AvgIpc) is 2.45. The molecule has 2 aromatic rings. The van der Waals surface area contributed by atoms with E-state index in [9.17, 15) is 0 Å². The van der Waals surface area contributed by atoms with Crippen LogP contribution in [0.3, 0.4) is 0 Å². The van der Waals surface area contributed by atoms with Crippen LogP contribution in [0, 0.1) is 0 Å². The minimum atomic E-state index is 0.200. The largest absolute Gasteiger partial charge is 0.491 e. The van der Waals surface area contributed by atoms with Gasteiger partial charge in [0, 0.05) is 29.5 Å². The number of benzene rings is 2. The summed E-state index contributed by atoms with van der Waals surface area (Å²) in [5.41, 5.74) is 2.11. The first-order valence-electron chi connectivity index (χ1n) is 7.13. The summed E-state index contributed by atoms with van der Waals surface area (Å²) in [5, 5.41) is 7.42. The summed E-state index contributed by atoms with van der Waals surface area (Å²) in [4.78, 5) is 0. The zero-order valence-corrected chi connectivity index (χ0v) is 13.2. The van der Waals surface area contributed by atoms with Crippen LogP contribution in [0.5, 0.6) is 5.75 Å². The van der Waals surface area contributed by atoms with Crippen LogP contribution in [-0.2, 0) is 0 Å². The van der Waals surface area contributed by atoms with E-state index in [2.05, 4.69) is 10.6 Å². The quantitative estimate of drug-likeness (QED) is 0.730. The molecule has 0 unspecified atom stereocenters. The number of nitrogens with one attached hydrogen (secondary N) is 2. The van der Waals surface area contributed by atoms with Crippen LogP contribution in [0.1, 0.15) is 13.8 Å². The Morgan fingerprint density at radius 1 is 0.952 bits per heavy atom. The lowest BCUT2D eigenvalue weighted by atomic mass is 10.3. The second-order valence-corrected chi connectivity index (χ2v) is 5.49. The Bertz CT molecular complexity index is 555. The van der Waals surface area contributed by atoms with Crippen molar-refractivity contribution >= 4 is 23.0 Å². The van der Waals surface area contributed by atoms with Crippen molar-refractivity contribution in [1.29, 1.82) is 0 Å². The van der Waals surface area contributed by atoms with Crippen LogP contribution in [0.2, 0.25) is 5.02 Å². The van der Waals surface area contributed by atoms with Crippen molar-refractivity contribution in [3.05, 3.63) is 53.6 Å². The highest BCUT2D eigenvalue weighted by molar-refractivity contribution is 6.30. The van der Waals surface area contributed by atoms with Crippen LogP contribution in [0.15, 0.2) is 48.5 Å². The van der Waals surface area contributed by atoms with Gasteiger partial charge < -0.3 is 15.4 Å². The number of rotatable bonds is 7. The van der Waals surface area contributed by atoms with Gasteiger partial charge in [-0.25, -0.2) is 0 Å². The van der Waals surface area contributed by atoms with Crippen LogP contribution in [0.25, 0.3) is 0 Å². The predicted octanol–water partition coefficient (Wildman–Crippen LogP) is 4.65. The second-order valence-electron chi connectivity index (χ2n) is 5.05. The van der Waals surface area contributed by atoms with E-state index in [1.54, 1.807) is 0 Å². The molecule has 0 amide bonds. The molecule has 2 N–H and O–H groups in total. The highest BCUT2D eigenvalue weighted by Gasteiger charge is 1.98. The van der Waals surface area contributed by atoms with Crippen LogP contribution >= 0.6 is 11.6 Å². The van der Waals surface area contributed by atoms with Crippen molar-refractivity contribution < 1.29 is 4.74 Å². The SMILES string of the molecule is CC(C)Oc1ccc(NCCNc2cccc(Cl)c2)cc1. The summed E-state index contributed by atoms with van der Waals surface area (Å²) in [7, 11) is 0. The highest BCUT2D eigenvalue weighted by atomic mass is 35.5. The summed E-state index contributed by atoms with van der Waals surface area (Å²) >= 11 is 5.94. The van der Waals surface area contributed by atoms with Crippen molar-refractivity contribution in [2.45, 2.75) is 20.0 Å². The average molecular weight is 305 g/mol. The maximum absolute atomic E-state index is 5.94. The lowest BCUT2D eigenvalue weighted by Gasteiger charge is -2.12. The predicted molar refractivity (Wildman–Crippen MR) is 90.6 cm³/mol. The Hall–Kier alpha value is -1.87. The van der Waals surface area contributed by atoms with Crippen LogP contribution in [-0.4, -0.2) is 19.2 Å². The molecule has 112 valence electrons. The fourth-order valence-corrected chi connectivity index (χ4v) is 2.13. The Morgan fingerprint density at radius 3 is 2.24 bits per heavy atom. The lowest BCUT2D eigenvalue weighted by molar-refractivity contribution is 0.242. The normalized spacial score (nSPS) is 10.5. The molecule has 0 fully saturated rings. The van der Waals surface area contributed by atoms with Crippen molar-refractivity contribution in [2.24, 2.45) is 0 Å². The van der Waals surface area contributed by atoms with E-state index in [-0.39, 0.29) is 6.10 Å². The molecule has 0 radical (unpaired) electrons. The van der Waals surface area contributed by atoms with E-state index >= 15 is 0 Å². The van der Waals surface area contributed by atoms with Gasteiger partial charge in [0.25, 0.3) is 0 Å². The third-order valence-corrected chi connectivity index (χ3v) is 3.07. The number of anilines is 2. The summed E-state index contributed by atoms with van der Waals surface area (Å²) in [6, 6.07) is 15.7. The van der Waals surface area contributed by atoms with Gasteiger partial charge >= 0.3 is 0 Å². The minimum Gasteiger partial charge on any atom is -0.491 e. The van der Waals surface area contributed by atoms with Gasteiger partial charge in [-0.2, -0.15) is 0 Å². The number of hydrogen-bond acceptors (Lipinski definition) is 3. The summed E-state index contributed by atoms with van der Waals surface area (Å²) in [5.74, 6) is 0.896. The van der Waals surface area contributed by atoms with Gasteiger partial charge in [-0.05, 0) is 56.3 Å². The first-order chi connectivity index (χ1) is 10.1. The minimum absolute atomic E-state index is 0.200. The Kier molecular flexibility index (Phi) is 5.76. The maximum Gasteiger partial charge on any atom is 0.119 e. The van der Waals surface area contributed by atoms with Gasteiger partial charge in [-0.15, -0.1) is 0 Å². The third-order valence-electron chi connectivity index (χ3n) is 2.83. The number of ether oxygens (including phenoxy) is 1. The van der Waals surface area contributed by atoms with Crippen molar-refractivity contribution in [2.75, 3.05) is 23.7 Å². The second kappa shape index (κ2) is 7.79. The topological polar surface area (TPSA) is 33.3 Å². The van der Waals surface area contributed by atoms with Gasteiger partial charge in [-0.1, -0.05) is 17.7 Å². The van der Waals surface area contributed by atoms with Crippen molar-refractivity contribution in [3.8, 4) is 5.75 Å². The molecule has 0 aliphatic rings. The number of hydrogen-bond donors (Lipinski definition) is 2. The molecule has 0 atom stereocenters. The Morgan fingerprint density at radius 2 is 1.62 bits per heavy atom. The molecular weight excluding hydrogens is 284 g/mol. The molecule has 21 heavy (non-hydrogen) atoms. The lowest BCUT2D eigenvalue weighted by Crippen LogP contribution is -2.13. The molecule has 2 aromatic carbocycles. The fraction of sp³-hybridized carbons (Fsp3) is 0.294. The third kappa shape index (κ3) is 5.56. The van der Waals surface area contributed by atoms with Gasteiger partial charge in [0.2, 0.25) is 0 Å². The Balaban J connectivity index is 1.73. The van der Waals surface area contributed by atoms with Crippen molar-refractivity contribution in [1.82, 2.24) is 0 Å². The van der Waals surface area contributed by atoms with E-state index in [1.165, 1.54) is 0 Å². The zero-order valence-electron chi connectivity index (χ0n) is 12.4. The Labute approximate surface area is 131 Å². The first-order valence-corrected chi connectivity index (χ1v) is 7.51. The molecule has 2 rings (SSSR count). The smallest absolute Gasteiger partial charge is 0.119 e. The van der Waals surface area contributed by atoms with Gasteiger partial charge in [0.15, 0.2) is 0 Å². The maximum atomic E-state index is 5.94. The zero-order chi connectivity index (χ0) is 15.1. The molecule has 3 nitrogen and oxygen atoms in total.